The summed E-state index contributed by atoms with van der Waals surface area (Å²) in [5.41, 5.74) is 3.49. The van der Waals surface area contributed by atoms with Crippen LogP contribution in [0.5, 0.6) is 0 Å². The number of pyridine rings is 1. The van der Waals surface area contributed by atoms with Crippen molar-refractivity contribution in [3.63, 3.8) is 0 Å². The van der Waals surface area contributed by atoms with Gasteiger partial charge in [-0.15, -0.1) is 0 Å². The molecule has 1 aromatic carbocycles. The first-order chi connectivity index (χ1) is 8.65. The third-order valence-electron chi connectivity index (χ3n) is 2.86. The number of aryl methyl sites for hydroxylation is 1. The Morgan fingerprint density at radius 3 is 2.61 bits per heavy atom. The molecule has 18 heavy (non-hydrogen) atoms. The molecular formula is C15H17BrN2. The normalized spacial score (nSPS) is 12.2. The molecule has 0 aliphatic heterocycles. The Bertz CT molecular complexity index is 508. The highest BCUT2D eigenvalue weighted by Gasteiger charge is 2.05. The molecule has 0 radical (unpaired) electrons. The average Bonchev–Trinajstić information content (AvgIpc) is 2.35. The van der Waals surface area contributed by atoms with Crippen LogP contribution in [0.1, 0.15) is 18.2 Å². The number of aromatic nitrogens is 1. The number of nitrogens with one attached hydrogen (secondary N) is 1. The fraction of sp³-hybridized carbons (Fsp3) is 0.267. The molecule has 2 nitrogen and oxygen atoms in total. The van der Waals surface area contributed by atoms with Gasteiger partial charge in [0.05, 0.1) is 11.4 Å². The van der Waals surface area contributed by atoms with E-state index in [-0.39, 0.29) is 0 Å². The average molecular weight is 305 g/mol. The molecular weight excluding hydrogens is 288 g/mol. The zero-order valence-electron chi connectivity index (χ0n) is 10.7. The molecule has 3 heteroatoms. The number of anilines is 1. The van der Waals surface area contributed by atoms with Crippen LogP contribution in [0.2, 0.25) is 0 Å². The molecule has 0 amide bonds. The molecule has 2 aromatic rings. The molecule has 0 saturated carbocycles. The summed E-state index contributed by atoms with van der Waals surface area (Å²) < 4.78 is 1.12. The standard InChI is InChI=1S/C15H17BrN2/c1-11(10-13-5-7-14(16)8-6-13)18-15-4-3-9-17-12(15)2/h3-9,11,18H,10H2,1-2H3. The second-order valence-corrected chi connectivity index (χ2v) is 5.43. The molecule has 2 rings (SSSR count). The number of rotatable bonds is 4. The predicted molar refractivity (Wildman–Crippen MR) is 79.9 cm³/mol. The Balaban J connectivity index is 1.99. The second-order valence-electron chi connectivity index (χ2n) is 4.51. The Morgan fingerprint density at radius 2 is 1.94 bits per heavy atom. The zero-order chi connectivity index (χ0) is 13.0. The number of nitrogens with zero attached hydrogens (tertiary/aromatic N) is 1. The highest BCUT2D eigenvalue weighted by molar-refractivity contribution is 9.10. The maximum absolute atomic E-state index is 4.28. The Hall–Kier alpha value is -1.35. The third kappa shape index (κ3) is 3.57. The van der Waals surface area contributed by atoms with E-state index in [0.717, 1.165) is 22.3 Å². The van der Waals surface area contributed by atoms with Gasteiger partial charge in [0, 0.05) is 16.7 Å². The zero-order valence-corrected chi connectivity index (χ0v) is 12.2. The molecule has 0 saturated heterocycles. The van der Waals surface area contributed by atoms with Gasteiger partial charge in [0.25, 0.3) is 0 Å². The van der Waals surface area contributed by atoms with Gasteiger partial charge in [-0.2, -0.15) is 0 Å². The summed E-state index contributed by atoms with van der Waals surface area (Å²) in [6.45, 7) is 4.21. The molecule has 0 bridgehead atoms. The SMILES string of the molecule is Cc1ncccc1NC(C)Cc1ccc(Br)cc1. The van der Waals surface area contributed by atoms with Crippen molar-refractivity contribution in [1.29, 1.82) is 0 Å². The van der Waals surface area contributed by atoms with Gasteiger partial charge in [-0.1, -0.05) is 28.1 Å². The fourth-order valence-electron chi connectivity index (χ4n) is 1.93. The summed E-state index contributed by atoms with van der Waals surface area (Å²) >= 11 is 3.45. The van der Waals surface area contributed by atoms with Gasteiger partial charge in [-0.3, -0.25) is 4.98 Å². The second kappa shape index (κ2) is 6.01. The Morgan fingerprint density at radius 1 is 1.22 bits per heavy atom. The first kappa shape index (κ1) is 13.1. The lowest BCUT2D eigenvalue weighted by Gasteiger charge is -2.16. The monoisotopic (exact) mass is 304 g/mol. The van der Waals surface area contributed by atoms with E-state index in [0.29, 0.717) is 6.04 Å². The van der Waals surface area contributed by atoms with Gasteiger partial charge in [0.15, 0.2) is 0 Å². The molecule has 1 heterocycles. The molecule has 0 fully saturated rings. The minimum atomic E-state index is 0.383. The lowest BCUT2D eigenvalue weighted by Crippen LogP contribution is -2.18. The third-order valence-corrected chi connectivity index (χ3v) is 3.39. The van der Waals surface area contributed by atoms with Crippen LogP contribution in [0.3, 0.4) is 0 Å². The topological polar surface area (TPSA) is 24.9 Å². The Kier molecular flexibility index (Phi) is 4.37. The van der Waals surface area contributed by atoms with E-state index < -0.39 is 0 Å². The van der Waals surface area contributed by atoms with Crippen molar-refractivity contribution in [1.82, 2.24) is 4.98 Å². The van der Waals surface area contributed by atoms with Crippen molar-refractivity contribution in [3.05, 3.63) is 58.3 Å². The van der Waals surface area contributed by atoms with E-state index in [1.165, 1.54) is 5.56 Å². The summed E-state index contributed by atoms with van der Waals surface area (Å²) in [4.78, 5) is 4.28. The lowest BCUT2D eigenvalue weighted by molar-refractivity contribution is 0.787. The largest absolute Gasteiger partial charge is 0.381 e. The molecule has 1 atom stereocenters. The number of hydrogen-bond donors (Lipinski definition) is 1. The molecule has 0 spiro atoms. The van der Waals surface area contributed by atoms with Crippen LogP contribution in [-0.2, 0) is 6.42 Å². The molecule has 94 valence electrons. The van der Waals surface area contributed by atoms with Crippen LogP contribution in [0.4, 0.5) is 5.69 Å². The van der Waals surface area contributed by atoms with Crippen LogP contribution < -0.4 is 5.32 Å². The van der Waals surface area contributed by atoms with E-state index in [9.17, 15) is 0 Å². The van der Waals surface area contributed by atoms with Gasteiger partial charge in [-0.05, 0) is 50.1 Å². The fourth-order valence-corrected chi connectivity index (χ4v) is 2.19. The summed E-state index contributed by atoms with van der Waals surface area (Å²) in [7, 11) is 0. The molecule has 1 aromatic heterocycles. The number of halogens is 1. The van der Waals surface area contributed by atoms with Crippen molar-refractivity contribution in [2.24, 2.45) is 0 Å². The van der Waals surface area contributed by atoms with Crippen molar-refractivity contribution >= 4 is 21.6 Å². The van der Waals surface area contributed by atoms with Crippen molar-refractivity contribution in [2.45, 2.75) is 26.3 Å². The highest BCUT2D eigenvalue weighted by atomic mass is 79.9. The van der Waals surface area contributed by atoms with E-state index >= 15 is 0 Å². The van der Waals surface area contributed by atoms with E-state index in [2.05, 4.69) is 63.5 Å². The van der Waals surface area contributed by atoms with Crippen LogP contribution >= 0.6 is 15.9 Å². The van der Waals surface area contributed by atoms with Gasteiger partial charge >= 0.3 is 0 Å². The van der Waals surface area contributed by atoms with Gasteiger partial charge < -0.3 is 5.32 Å². The summed E-state index contributed by atoms with van der Waals surface area (Å²) in [5, 5.41) is 3.50. The van der Waals surface area contributed by atoms with E-state index in [1.54, 1.807) is 0 Å². The maximum Gasteiger partial charge on any atom is 0.0603 e. The van der Waals surface area contributed by atoms with Crippen LogP contribution in [0, 0.1) is 6.92 Å². The summed E-state index contributed by atoms with van der Waals surface area (Å²) in [5.74, 6) is 0. The van der Waals surface area contributed by atoms with Crippen LogP contribution in [-0.4, -0.2) is 11.0 Å². The predicted octanol–water partition coefficient (Wildman–Crippen LogP) is 4.20. The van der Waals surface area contributed by atoms with E-state index in [4.69, 9.17) is 0 Å². The first-order valence-electron chi connectivity index (χ1n) is 6.08. The minimum absolute atomic E-state index is 0.383. The van der Waals surface area contributed by atoms with Gasteiger partial charge in [0.2, 0.25) is 0 Å². The molecule has 1 N–H and O–H groups in total. The first-order valence-corrected chi connectivity index (χ1v) is 6.87. The van der Waals surface area contributed by atoms with Gasteiger partial charge in [0.1, 0.15) is 0 Å². The minimum Gasteiger partial charge on any atom is -0.381 e. The quantitative estimate of drug-likeness (QED) is 0.916. The molecule has 0 aliphatic carbocycles. The van der Waals surface area contributed by atoms with Crippen LogP contribution in [0.15, 0.2) is 47.1 Å². The van der Waals surface area contributed by atoms with Crippen molar-refractivity contribution in [3.8, 4) is 0 Å². The number of benzene rings is 1. The van der Waals surface area contributed by atoms with Crippen molar-refractivity contribution in [2.75, 3.05) is 5.32 Å². The van der Waals surface area contributed by atoms with Crippen molar-refractivity contribution < 1.29 is 0 Å². The number of hydrogen-bond acceptors (Lipinski definition) is 2. The maximum atomic E-state index is 4.28. The van der Waals surface area contributed by atoms with Crippen LogP contribution in [0.25, 0.3) is 0 Å². The van der Waals surface area contributed by atoms with Gasteiger partial charge in [-0.25, -0.2) is 0 Å². The lowest BCUT2D eigenvalue weighted by atomic mass is 10.1. The Labute approximate surface area is 117 Å². The van der Waals surface area contributed by atoms with E-state index in [1.807, 2.05) is 19.2 Å². The summed E-state index contributed by atoms with van der Waals surface area (Å²) in [6.07, 6.45) is 2.82. The molecule has 1 unspecified atom stereocenters. The molecule has 0 aliphatic rings. The smallest absolute Gasteiger partial charge is 0.0603 e. The highest BCUT2D eigenvalue weighted by Crippen LogP contribution is 2.15. The summed E-state index contributed by atoms with van der Waals surface area (Å²) in [6, 6.07) is 12.9.